The van der Waals surface area contributed by atoms with Crippen molar-refractivity contribution in [2.24, 2.45) is 0 Å². The van der Waals surface area contributed by atoms with Gasteiger partial charge in [-0.15, -0.1) is 0 Å². The van der Waals surface area contributed by atoms with Crippen molar-refractivity contribution < 1.29 is 0 Å². The van der Waals surface area contributed by atoms with Gasteiger partial charge in [-0.25, -0.2) is 0 Å². The van der Waals surface area contributed by atoms with Crippen LogP contribution in [0.4, 0.5) is 11.4 Å². The van der Waals surface area contributed by atoms with Gasteiger partial charge >= 0.3 is 0 Å². The Labute approximate surface area is 117 Å². The van der Waals surface area contributed by atoms with Crippen LogP contribution in [0.3, 0.4) is 0 Å². The van der Waals surface area contributed by atoms with Gasteiger partial charge in [-0.3, -0.25) is 0 Å². The second-order valence-electron chi connectivity index (χ2n) is 5.27. The Hall–Kier alpha value is -1.22. The van der Waals surface area contributed by atoms with Gasteiger partial charge in [-0.1, -0.05) is 0 Å². The predicted octanol–water partition coefficient (Wildman–Crippen LogP) is 2.72. The smallest absolute Gasteiger partial charge is 0.0370 e. The molecule has 1 heterocycles. The van der Waals surface area contributed by atoms with Gasteiger partial charge in [-0.2, -0.15) is 0 Å². The molecule has 0 aliphatic carbocycles. The fourth-order valence-corrected chi connectivity index (χ4v) is 2.84. The van der Waals surface area contributed by atoms with Gasteiger partial charge in [0.2, 0.25) is 0 Å². The van der Waals surface area contributed by atoms with E-state index < -0.39 is 0 Å². The second-order valence-corrected chi connectivity index (χ2v) is 5.27. The molecule has 0 radical (unpaired) electrons. The van der Waals surface area contributed by atoms with Crippen molar-refractivity contribution in [3.8, 4) is 0 Å². The van der Waals surface area contributed by atoms with Gasteiger partial charge in [0.05, 0.1) is 0 Å². The number of hydrogen-bond donors (Lipinski definition) is 1. The van der Waals surface area contributed by atoms with Crippen molar-refractivity contribution in [1.29, 1.82) is 0 Å². The molecule has 1 unspecified atom stereocenters. The average molecular weight is 261 g/mol. The largest absolute Gasteiger partial charge is 0.372 e. The van der Waals surface area contributed by atoms with Crippen LogP contribution in [0.1, 0.15) is 27.2 Å². The van der Waals surface area contributed by atoms with Crippen LogP contribution in [-0.2, 0) is 0 Å². The summed E-state index contributed by atoms with van der Waals surface area (Å²) < 4.78 is 0. The molecule has 1 N–H and O–H groups in total. The third-order valence-corrected chi connectivity index (χ3v) is 4.11. The van der Waals surface area contributed by atoms with E-state index in [-0.39, 0.29) is 0 Å². The Bertz CT molecular complexity index is 370. The Kier molecular flexibility index (Phi) is 5.08. The first kappa shape index (κ1) is 14.2. The SMILES string of the molecule is CCN(CC)c1ccc(N2CCNCCC2C)cc1. The zero-order valence-corrected chi connectivity index (χ0v) is 12.5. The number of benzene rings is 1. The molecule has 3 nitrogen and oxygen atoms in total. The van der Waals surface area contributed by atoms with Crippen LogP contribution < -0.4 is 15.1 Å². The van der Waals surface area contributed by atoms with E-state index in [4.69, 9.17) is 0 Å². The molecule has 0 saturated carbocycles. The molecule has 1 aliphatic heterocycles. The summed E-state index contributed by atoms with van der Waals surface area (Å²) in [6.45, 7) is 12.2. The maximum absolute atomic E-state index is 3.48. The predicted molar refractivity (Wildman–Crippen MR) is 84.3 cm³/mol. The number of hydrogen-bond acceptors (Lipinski definition) is 3. The molecule has 1 aliphatic rings. The Morgan fingerprint density at radius 3 is 2.47 bits per heavy atom. The molecular formula is C16H27N3. The van der Waals surface area contributed by atoms with Gasteiger partial charge in [0.15, 0.2) is 0 Å². The fourth-order valence-electron chi connectivity index (χ4n) is 2.84. The van der Waals surface area contributed by atoms with Crippen LogP contribution in [0.15, 0.2) is 24.3 Å². The summed E-state index contributed by atoms with van der Waals surface area (Å²) in [5, 5.41) is 3.48. The van der Waals surface area contributed by atoms with Crippen LogP contribution in [-0.4, -0.2) is 38.8 Å². The van der Waals surface area contributed by atoms with E-state index in [1.807, 2.05) is 0 Å². The van der Waals surface area contributed by atoms with Crippen molar-refractivity contribution in [1.82, 2.24) is 5.32 Å². The molecule has 2 rings (SSSR count). The molecule has 1 aromatic rings. The summed E-state index contributed by atoms with van der Waals surface area (Å²) >= 11 is 0. The van der Waals surface area contributed by atoms with Crippen LogP contribution in [0.25, 0.3) is 0 Å². The number of anilines is 2. The minimum absolute atomic E-state index is 0.620. The zero-order valence-electron chi connectivity index (χ0n) is 12.5. The Balaban J connectivity index is 2.12. The summed E-state index contributed by atoms with van der Waals surface area (Å²) in [7, 11) is 0. The molecule has 1 atom stereocenters. The van der Waals surface area contributed by atoms with E-state index in [0.29, 0.717) is 6.04 Å². The fraction of sp³-hybridized carbons (Fsp3) is 0.625. The molecule has 1 fully saturated rings. The highest BCUT2D eigenvalue weighted by molar-refractivity contribution is 5.56. The van der Waals surface area contributed by atoms with Crippen LogP contribution in [0.2, 0.25) is 0 Å². The average Bonchev–Trinajstić information content (AvgIpc) is 2.66. The van der Waals surface area contributed by atoms with E-state index in [2.05, 4.69) is 60.2 Å². The lowest BCUT2D eigenvalue weighted by molar-refractivity contribution is 0.631. The molecule has 0 spiro atoms. The Morgan fingerprint density at radius 2 is 1.84 bits per heavy atom. The summed E-state index contributed by atoms with van der Waals surface area (Å²) in [5.74, 6) is 0. The summed E-state index contributed by atoms with van der Waals surface area (Å²) in [4.78, 5) is 4.91. The number of rotatable bonds is 4. The number of nitrogens with one attached hydrogen (secondary N) is 1. The van der Waals surface area contributed by atoms with Crippen molar-refractivity contribution in [3.05, 3.63) is 24.3 Å². The highest BCUT2D eigenvalue weighted by Crippen LogP contribution is 2.23. The highest BCUT2D eigenvalue weighted by atomic mass is 15.2. The van der Waals surface area contributed by atoms with E-state index in [0.717, 1.165) is 32.7 Å². The molecule has 1 saturated heterocycles. The molecule has 106 valence electrons. The first-order valence-electron chi connectivity index (χ1n) is 7.58. The molecule has 0 bridgehead atoms. The minimum Gasteiger partial charge on any atom is -0.372 e. The Morgan fingerprint density at radius 1 is 1.16 bits per heavy atom. The zero-order chi connectivity index (χ0) is 13.7. The van der Waals surface area contributed by atoms with E-state index in [1.165, 1.54) is 17.8 Å². The summed E-state index contributed by atoms with van der Waals surface area (Å²) in [6.07, 6.45) is 1.22. The standard InChI is InChI=1S/C16H27N3/c1-4-18(5-2)15-6-8-16(9-7-15)19-13-12-17-11-10-14(19)3/h6-9,14,17H,4-5,10-13H2,1-3H3. The minimum atomic E-state index is 0.620. The number of nitrogens with zero attached hydrogens (tertiary/aromatic N) is 2. The van der Waals surface area contributed by atoms with Crippen molar-refractivity contribution in [2.45, 2.75) is 33.2 Å². The molecule has 1 aromatic carbocycles. The maximum Gasteiger partial charge on any atom is 0.0370 e. The van der Waals surface area contributed by atoms with Crippen LogP contribution >= 0.6 is 0 Å². The third kappa shape index (κ3) is 3.41. The molecule has 0 aromatic heterocycles. The first-order valence-corrected chi connectivity index (χ1v) is 7.58. The van der Waals surface area contributed by atoms with Gasteiger partial charge in [-0.05, 0) is 58.0 Å². The van der Waals surface area contributed by atoms with E-state index in [1.54, 1.807) is 0 Å². The monoisotopic (exact) mass is 261 g/mol. The van der Waals surface area contributed by atoms with Crippen molar-refractivity contribution in [2.75, 3.05) is 42.5 Å². The van der Waals surface area contributed by atoms with E-state index in [9.17, 15) is 0 Å². The first-order chi connectivity index (χ1) is 9.26. The topological polar surface area (TPSA) is 18.5 Å². The second kappa shape index (κ2) is 6.80. The quantitative estimate of drug-likeness (QED) is 0.899. The molecular weight excluding hydrogens is 234 g/mol. The summed E-state index contributed by atoms with van der Waals surface area (Å²) in [5.41, 5.74) is 2.68. The van der Waals surface area contributed by atoms with Crippen molar-refractivity contribution in [3.63, 3.8) is 0 Å². The van der Waals surface area contributed by atoms with Gasteiger partial charge < -0.3 is 15.1 Å². The van der Waals surface area contributed by atoms with Crippen LogP contribution in [0.5, 0.6) is 0 Å². The molecule has 0 amide bonds. The lowest BCUT2D eigenvalue weighted by atomic mass is 10.1. The maximum atomic E-state index is 3.48. The molecule has 3 heteroatoms. The highest BCUT2D eigenvalue weighted by Gasteiger charge is 2.16. The lowest BCUT2D eigenvalue weighted by Gasteiger charge is -2.30. The normalized spacial score (nSPS) is 20.2. The van der Waals surface area contributed by atoms with Gasteiger partial charge in [0, 0.05) is 43.6 Å². The van der Waals surface area contributed by atoms with Crippen LogP contribution in [0, 0.1) is 0 Å². The van der Waals surface area contributed by atoms with Crippen molar-refractivity contribution >= 4 is 11.4 Å². The molecule has 19 heavy (non-hydrogen) atoms. The lowest BCUT2D eigenvalue weighted by Crippen LogP contribution is -2.34. The van der Waals surface area contributed by atoms with Gasteiger partial charge in [0.25, 0.3) is 0 Å². The van der Waals surface area contributed by atoms with E-state index >= 15 is 0 Å². The van der Waals surface area contributed by atoms with Gasteiger partial charge in [0.1, 0.15) is 0 Å². The summed E-state index contributed by atoms with van der Waals surface area (Å²) in [6, 6.07) is 9.68. The third-order valence-electron chi connectivity index (χ3n) is 4.11.